The zero-order valence-corrected chi connectivity index (χ0v) is 18.9. The lowest BCUT2D eigenvalue weighted by molar-refractivity contribution is -0.137. The maximum absolute atomic E-state index is 12.9. The molecule has 6 heteroatoms. The molecule has 0 radical (unpaired) electrons. The van der Waals surface area contributed by atoms with Crippen LogP contribution in [0.25, 0.3) is 0 Å². The third-order valence-electron chi connectivity index (χ3n) is 7.09. The number of piperidine rings is 1. The van der Waals surface area contributed by atoms with Crippen LogP contribution < -0.4 is 9.64 Å². The van der Waals surface area contributed by atoms with Crippen molar-refractivity contribution in [2.24, 2.45) is 5.92 Å². The molecule has 2 aromatic rings. The van der Waals surface area contributed by atoms with Gasteiger partial charge in [-0.2, -0.15) is 13.2 Å². The van der Waals surface area contributed by atoms with Crippen molar-refractivity contribution < 1.29 is 17.9 Å². The highest BCUT2D eigenvalue weighted by molar-refractivity contribution is 5.46. The average Bonchev–Trinajstić information content (AvgIpc) is 3.32. The first-order valence-electron chi connectivity index (χ1n) is 11.6. The Balaban J connectivity index is 1.47. The maximum Gasteiger partial charge on any atom is 0.416 e. The first kappa shape index (κ1) is 23.0. The van der Waals surface area contributed by atoms with Gasteiger partial charge in [0.25, 0.3) is 0 Å². The fraction of sp³-hybridized carbons (Fsp3) is 0.538. The van der Waals surface area contributed by atoms with E-state index in [1.165, 1.54) is 49.1 Å². The molecule has 174 valence electrons. The molecule has 0 amide bonds. The van der Waals surface area contributed by atoms with Gasteiger partial charge in [0.1, 0.15) is 5.75 Å². The molecule has 4 rings (SSSR count). The molecule has 2 aromatic carbocycles. The molecule has 1 saturated carbocycles. The van der Waals surface area contributed by atoms with Gasteiger partial charge >= 0.3 is 6.18 Å². The number of nitrogens with zero attached hydrogens (tertiary/aromatic N) is 2. The molecular formula is C26H33F3N2O. The van der Waals surface area contributed by atoms with E-state index in [2.05, 4.69) is 34.1 Å². The Bertz CT molecular complexity index is 858. The lowest BCUT2D eigenvalue weighted by Gasteiger charge is -2.41. The Labute approximate surface area is 189 Å². The van der Waals surface area contributed by atoms with Crippen molar-refractivity contribution >= 4 is 5.69 Å². The van der Waals surface area contributed by atoms with Gasteiger partial charge in [0, 0.05) is 38.3 Å². The average molecular weight is 447 g/mol. The van der Waals surface area contributed by atoms with Gasteiger partial charge in [0.15, 0.2) is 0 Å². The van der Waals surface area contributed by atoms with Gasteiger partial charge in [-0.1, -0.05) is 25.0 Å². The molecule has 1 heterocycles. The SMILES string of the molecule is CN(C)c1ccc([C@H]2CCN(C3CCCC3)C[C@@H]2COc2ccc(C(F)(F)F)cc2)cc1. The minimum atomic E-state index is -4.33. The Kier molecular flexibility index (Phi) is 6.99. The van der Waals surface area contributed by atoms with Gasteiger partial charge in [-0.3, -0.25) is 4.90 Å². The molecule has 1 aliphatic carbocycles. The molecule has 2 atom stereocenters. The summed E-state index contributed by atoms with van der Waals surface area (Å²) in [6.45, 7) is 2.58. The fourth-order valence-corrected chi connectivity index (χ4v) is 5.23. The van der Waals surface area contributed by atoms with Gasteiger partial charge in [-0.25, -0.2) is 0 Å². The molecule has 0 aromatic heterocycles. The van der Waals surface area contributed by atoms with Crippen molar-refractivity contribution in [2.75, 3.05) is 38.7 Å². The number of anilines is 1. The van der Waals surface area contributed by atoms with Crippen LogP contribution in [0.5, 0.6) is 5.75 Å². The van der Waals surface area contributed by atoms with E-state index in [1.807, 2.05) is 14.1 Å². The number of halogens is 3. The molecule has 1 aliphatic heterocycles. The van der Waals surface area contributed by atoms with Crippen molar-refractivity contribution in [1.29, 1.82) is 0 Å². The second-order valence-electron chi connectivity index (χ2n) is 9.41. The molecule has 3 nitrogen and oxygen atoms in total. The third kappa shape index (κ3) is 5.40. The first-order chi connectivity index (χ1) is 15.3. The predicted molar refractivity (Wildman–Crippen MR) is 122 cm³/mol. The summed E-state index contributed by atoms with van der Waals surface area (Å²) in [7, 11) is 4.07. The number of benzene rings is 2. The molecule has 0 spiro atoms. The Morgan fingerprint density at radius 2 is 1.59 bits per heavy atom. The molecule has 32 heavy (non-hydrogen) atoms. The summed E-state index contributed by atoms with van der Waals surface area (Å²) >= 11 is 0. The fourth-order valence-electron chi connectivity index (χ4n) is 5.23. The number of alkyl halides is 3. The standard InChI is InChI=1S/C26H33F3N2O/c1-30(2)22-11-7-19(8-12-22)25-15-16-31(23-5-3-4-6-23)17-20(25)18-32-24-13-9-21(10-14-24)26(27,28)29/h7-14,20,23,25H,3-6,15-18H2,1-2H3/t20-,25-/m1/s1. The highest BCUT2D eigenvalue weighted by Crippen LogP contribution is 2.37. The van der Waals surface area contributed by atoms with Gasteiger partial charge in [-0.15, -0.1) is 0 Å². The molecule has 0 unspecified atom stereocenters. The summed E-state index contributed by atoms with van der Waals surface area (Å²) in [5.41, 5.74) is 1.85. The largest absolute Gasteiger partial charge is 0.493 e. The normalized spacial score (nSPS) is 22.8. The highest BCUT2D eigenvalue weighted by Gasteiger charge is 2.35. The molecule has 2 aliphatic rings. The minimum Gasteiger partial charge on any atom is -0.493 e. The van der Waals surface area contributed by atoms with Crippen molar-refractivity contribution in [1.82, 2.24) is 4.90 Å². The third-order valence-corrected chi connectivity index (χ3v) is 7.09. The quantitative estimate of drug-likeness (QED) is 0.526. The summed E-state index contributed by atoms with van der Waals surface area (Å²) in [5.74, 6) is 1.19. The van der Waals surface area contributed by atoms with Crippen molar-refractivity contribution in [3.05, 3.63) is 59.7 Å². The predicted octanol–water partition coefficient (Wildman–Crippen LogP) is 6.20. The van der Waals surface area contributed by atoms with E-state index in [-0.39, 0.29) is 0 Å². The Hall–Kier alpha value is -2.21. The first-order valence-corrected chi connectivity index (χ1v) is 11.6. The Morgan fingerprint density at radius 3 is 2.19 bits per heavy atom. The molecule has 2 fully saturated rings. The number of hydrogen-bond acceptors (Lipinski definition) is 3. The van der Waals surface area contributed by atoms with Crippen LogP contribution in [-0.4, -0.2) is 44.7 Å². The van der Waals surface area contributed by atoms with E-state index in [4.69, 9.17) is 4.74 Å². The summed E-state index contributed by atoms with van der Waals surface area (Å²) in [5, 5.41) is 0. The zero-order valence-electron chi connectivity index (χ0n) is 18.9. The number of likely N-dealkylation sites (tertiary alicyclic amines) is 1. The van der Waals surface area contributed by atoms with Crippen LogP contribution in [0.15, 0.2) is 48.5 Å². The lowest BCUT2D eigenvalue weighted by atomic mass is 9.80. The maximum atomic E-state index is 12.9. The van der Waals surface area contributed by atoms with Gasteiger partial charge < -0.3 is 9.64 Å². The van der Waals surface area contributed by atoms with E-state index in [0.717, 1.165) is 31.6 Å². The van der Waals surface area contributed by atoms with E-state index in [1.54, 1.807) is 0 Å². The monoisotopic (exact) mass is 446 g/mol. The van der Waals surface area contributed by atoms with Crippen LogP contribution >= 0.6 is 0 Å². The summed E-state index contributed by atoms with van der Waals surface area (Å²) in [4.78, 5) is 4.72. The van der Waals surface area contributed by atoms with Crippen LogP contribution in [0.1, 0.15) is 49.1 Å². The van der Waals surface area contributed by atoms with Crippen LogP contribution in [0, 0.1) is 5.92 Å². The summed E-state index contributed by atoms with van der Waals surface area (Å²) in [6.07, 6.45) is 1.92. The van der Waals surface area contributed by atoms with Gasteiger partial charge in [0.2, 0.25) is 0 Å². The van der Waals surface area contributed by atoms with E-state index < -0.39 is 11.7 Å². The molecule has 0 bridgehead atoms. The topological polar surface area (TPSA) is 15.7 Å². The van der Waals surface area contributed by atoms with Crippen LogP contribution in [0.3, 0.4) is 0 Å². The van der Waals surface area contributed by atoms with Gasteiger partial charge in [0.05, 0.1) is 12.2 Å². The second-order valence-corrected chi connectivity index (χ2v) is 9.41. The van der Waals surface area contributed by atoms with Crippen LogP contribution in [0.4, 0.5) is 18.9 Å². The molecular weight excluding hydrogens is 413 g/mol. The van der Waals surface area contributed by atoms with Crippen molar-refractivity contribution in [2.45, 2.75) is 50.2 Å². The highest BCUT2D eigenvalue weighted by atomic mass is 19.4. The van der Waals surface area contributed by atoms with Crippen LogP contribution in [-0.2, 0) is 6.18 Å². The minimum absolute atomic E-state index is 0.303. The van der Waals surface area contributed by atoms with E-state index >= 15 is 0 Å². The van der Waals surface area contributed by atoms with E-state index in [9.17, 15) is 13.2 Å². The van der Waals surface area contributed by atoms with Crippen LogP contribution in [0.2, 0.25) is 0 Å². The lowest BCUT2D eigenvalue weighted by Crippen LogP contribution is -2.46. The summed E-state index contributed by atoms with van der Waals surface area (Å²) < 4.78 is 44.6. The summed E-state index contributed by atoms with van der Waals surface area (Å²) in [6, 6.07) is 14.5. The zero-order chi connectivity index (χ0) is 22.7. The number of ether oxygens (including phenoxy) is 1. The smallest absolute Gasteiger partial charge is 0.416 e. The Morgan fingerprint density at radius 1 is 0.938 bits per heavy atom. The second kappa shape index (κ2) is 9.74. The number of hydrogen-bond donors (Lipinski definition) is 0. The van der Waals surface area contributed by atoms with Crippen molar-refractivity contribution in [3.63, 3.8) is 0 Å². The van der Waals surface area contributed by atoms with E-state index in [0.29, 0.717) is 30.2 Å². The number of rotatable bonds is 6. The molecule has 0 N–H and O–H groups in total. The molecule has 1 saturated heterocycles. The van der Waals surface area contributed by atoms with Crippen molar-refractivity contribution in [3.8, 4) is 5.75 Å². The van der Waals surface area contributed by atoms with Gasteiger partial charge in [-0.05, 0) is 73.7 Å².